The largest absolute Gasteiger partial charge is 0.377 e. The second-order valence-corrected chi connectivity index (χ2v) is 5.00. The number of methoxy groups -OCH3 is 1. The molecule has 0 atom stereocenters. The van der Waals surface area contributed by atoms with Crippen molar-refractivity contribution in [2.75, 3.05) is 12.4 Å². The van der Waals surface area contributed by atoms with E-state index >= 15 is 0 Å². The molecular weight excluding hydrogens is 294 g/mol. The Morgan fingerprint density at radius 2 is 2.48 bits per heavy atom. The molecule has 108 valence electrons. The quantitative estimate of drug-likeness (QED) is 0.746. The van der Waals surface area contributed by atoms with Crippen molar-refractivity contribution in [3.63, 3.8) is 0 Å². The number of carbonyl (C=O) groups excluding carboxylic acids is 1. The first-order chi connectivity index (χ1) is 10.3. The van der Waals surface area contributed by atoms with Gasteiger partial charge < -0.3 is 9.26 Å². The fourth-order valence-corrected chi connectivity index (χ4v) is 2.30. The minimum absolute atomic E-state index is 0.143. The Morgan fingerprint density at radius 1 is 1.57 bits per heavy atom. The molecule has 0 saturated carbocycles. The summed E-state index contributed by atoms with van der Waals surface area (Å²) in [5.41, 5.74) is 0.143. The number of amides is 1. The van der Waals surface area contributed by atoms with E-state index in [4.69, 9.17) is 9.26 Å². The van der Waals surface area contributed by atoms with Crippen molar-refractivity contribution in [3.05, 3.63) is 35.0 Å². The molecule has 0 spiro atoms. The highest BCUT2D eigenvalue weighted by Gasteiger charge is 2.15. The van der Waals surface area contributed by atoms with Gasteiger partial charge in [0.2, 0.25) is 5.95 Å². The van der Waals surface area contributed by atoms with Crippen molar-refractivity contribution < 1.29 is 14.1 Å². The monoisotopic (exact) mass is 305 g/mol. The fraction of sp³-hybridized carbons (Fsp3) is 0.167. The highest BCUT2D eigenvalue weighted by molar-refractivity contribution is 7.13. The molecule has 21 heavy (non-hydrogen) atoms. The molecule has 0 aliphatic carbocycles. The molecule has 0 unspecified atom stereocenters. The third kappa shape index (κ3) is 2.98. The third-order valence-corrected chi connectivity index (χ3v) is 3.42. The lowest BCUT2D eigenvalue weighted by Gasteiger charge is -1.94. The summed E-state index contributed by atoms with van der Waals surface area (Å²) in [5.74, 6) is 0.801. The molecule has 0 aromatic carbocycles. The van der Waals surface area contributed by atoms with Crippen LogP contribution in [0, 0.1) is 0 Å². The fourth-order valence-electron chi connectivity index (χ4n) is 1.64. The molecule has 9 heteroatoms. The van der Waals surface area contributed by atoms with E-state index in [1.807, 2.05) is 17.5 Å². The van der Waals surface area contributed by atoms with Gasteiger partial charge >= 0.3 is 0 Å². The van der Waals surface area contributed by atoms with Crippen LogP contribution in [0.25, 0.3) is 10.7 Å². The first kappa shape index (κ1) is 13.5. The van der Waals surface area contributed by atoms with Crippen molar-refractivity contribution in [1.82, 2.24) is 20.3 Å². The van der Waals surface area contributed by atoms with E-state index in [2.05, 4.69) is 25.7 Å². The smallest absolute Gasteiger partial charge is 0.280 e. The molecule has 0 fully saturated rings. The van der Waals surface area contributed by atoms with Gasteiger partial charge in [0.15, 0.2) is 17.3 Å². The zero-order chi connectivity index (χ0) is 14.7. The average molecular weight is 305 g/mol. The number of carbonyl (C=O) groups is 1. The van der Waals surface area contributed by atoms with E-state index < -0.39 is 5.91 Å². The standard InChI is InChI=1S/C12H11N5O3S/c1-19-6-7-5-8(17-20-7)11(18)14-12-13-10(15-16-12)9-3-2-4-21-9/h2-5H,6H2,1H3,(H2,13,14,15,16,18). The molecule has 0 saturated heterocycles. The lowest BCUT2D eigenvalue weighted by Crippen LogP contribution is -2.13. The Labute approximate surface area is 123 Å². The second kappa shape index (κ2) is 5.85. The average Bonchev–Trinajstić information content (AvgIpc) is 3.20. The van der Waals surface area contributed by atoms with E-state index in [0.29, 0.717) is 11.6 Å². The van der Waals surface area contributed by atoms with Gasteiger partial charge in [-0.3, -0.25) is 15.2 Å². The minimum atomic E-state index is -0.446. The molecule has 0 bridgehead atoms. The van der Waals surface area contributed by atoms with E-state index in [9.17, 15) is 4.79 Å². The van der Waals surface area contributed by atoms with Crippen molar-refractivity contribution in [2.45, 2.75) is 6.61 Å². The van der Waals surface area contributed by atoms with E-state index in [1.54, 1.807) is 0 Å². The Balaban J connectivity index is 1.69. The molecule has 0 aliphatic heterocycles. The lowest BCUT2D eigenvalue weighted by molar-refractivity contribution is 0.101. The SMILES string of the molecule is COCc1cc(C(=O)Nc2n[nH]c(-c3cccs3)n2)no1. The van der Waals surface area contributed by atoms with Crippen LogP contribution in [0.3, 0.4) is 0 Å². The third-order valence-electron chi connectivity index (χ3n) is 2.54. The number of rotatable bonds is 5. The van der Waals surface area contributed by atoms with Crippen molar-refractivity contribution in [2.24, 2.45) is 0 Å². The van der Waals surface area contributed by atoms with Crippen LogP contribution in [0.5, 0.6) is 0 Å². The van der Waals surface area contributed by atoms with Crippen molar-refractivity contribution in [1.29, 1.82) is 0 Å². The molecular formula is C12H11N5O3S. The van der Waals surface area contributed by atoms with E-state index in [-0.39, 0.29) is 18.2 Å². The number of H-pyrrole nitrogens is 1. The maximum atomic E-state index is 12.0. The first-order valence-corrected chi connectivity index (χ1v) is 6.86. The van der Waals surface area contributed by atoms with Gasteiger partial charge in [-0.05, 0) is 11.4 Å². The molecule has 8 nitrogen and oxygen atoms in total. The van der Waals surface area contributed by atoms with Crippen LogP contribution >= 0.6 is 11.3 Å². The Kier molecular flexibility index (Phi) is 3.75. The van der Waals surface area contributed by atoms with Gasteiger partial charge in [-0.2, -0.15) is 4.98 Å². The van der Waals surface area contributed by atoms with Crippen LogP contribution in [-0.4, -0.2) is 33.4 Å². The molecule has 3 rings (SSSR count). The number of nitrogens with zero attached hydrogens (tertiary/aromatic N) is 3. The van der Waals surface area contributed by atoms with E-state index in [0.717, 1.165) is 4.88 Å². The molecule has 3 aromatic rings. The van der Waals surface area contributed by atoms with Gasteiger partial charge in [-0.15, -0.1) is 16.4 Å². The van der Waals surface area contributed by atoms with Crippen molar-refractivity contribution >= 4 is 23.2 Å². The van der Waals surface area contributed by atoms with Crippen LogP contribution < -0.4 is 5.32 Å². The molecule has 1 amide bonds. The van der Waals surface area contributed by atoms with Crippen LogP contribution in [0.15, 0.2) is 28.1 Å². The molecule has 0 radical (unpaired) electrons. The summed E-state index contributed by atoms with van der Waals surface area (Å²) in [4.78, 5) is 17.1. The zero-order valence-electron chi connectivity index (χ0n) is 11.0. The number of aromatic nitrogens is 4. The number of thiophene rings is 1. The summed E-state index contributed by atoms with van der Waals surface area (Å²) in [5, 5.41) is 14.8. The topological polar surface area (TPSA) is 106 Å². The predicted molar refractivity (Wildman–Crippen MR) is 74.9 cm³/mol. The van der Waals surface area contributed by atoms with Gasteiger partial charge in [0.1, 0.15) is 6.61 Å². The molecule has 3 aromatic heterocycles. The zero-order valence-corrected chi connectivity index (χ0v) is 11.8. The number of aromatic amines is 1. The lowest BCUT2D eigenvalue weighted by atomic mass is 10.3. The molecule has 3 heterocycles. The van der Waals surface area contributed by atoms with Crippen LogP contribution in [-0.2, 0) is 11.3 Å². The van der Waals surface area contributed by atoms with Crippen molar-refractivity contribution in [3.8, 4) is 10.7 Å². The predicted octanol–water partition coefficient (Wildman–Crippen LogP) is 1.92. The number of hydrogen-bond acceptors (Lipinski definition) is 7. The van der Waals surface area contributed by atoms with Crippen LogP contribution in [0.2, 0.25) is 0 Å². The number of hydrogen-bond donors (Lipinski definition) is 2. The maximum Gasteiger partial charge on any atom is 0.280 e. The van der Waals surface area contributed by atoms with Crippen LogP contribution in [0.1, 0.15) is 16.2 Å². The van der Waals surface area contributed by atoms with Gasteiger partial charge in [-0.1, -0.05) is 11.2 Å². The van der Waals surface area contributed by atoms with E-state index in [1.165, 1.54) is 24.5 Å². The number of anilines is 1. The number of ether oxygens (including phenoxy) is 1. The Morgan fingerprint density at radius 3 is 3.24 bits per heavy atom. The maximum absolute atomic E-state index is 12.0. The van der Waals surface area contributed by atoms with Gasteiger partial charge in [0.05, 0.1) is 4.88 Å². The number of nitrogens with one attached hydrogen (secondary N) is 2. The normalized spacial score (nSPS) is 10.7. The highest BCUT2D eigenvalue weighted by atomic mass is 32.1. The van der Waals surface area contributed by atoms with Gasteiger partial charge in [0, 0.05) is 13.2 Å². The summed E-state index contributed by atoms with van der Waals surface area (Å²) in [6.07, 6.45) is 0. The summed E-state index contributed by atoms with van der Waals surface area (Å²) < 4.78 is 9.84. The molecule has 2 N–H and O–H groups in total. The minimum Gasteiger partial charge on any atom is -0.377 e. The highest BCUT2D eigenvalue weighted by Crippen LogP contribution is 2.21. The molecule has 0 aliphatic rings. The second-order valence-electron chi connectivity index (χ2n) is 4.05. The summed E-state index contributed by atoms with van der Waals surface area (Å²) in [7, 11) is 1.53. The summed E-state index contributed by atoms with van der Waals surface area (Å²) in [6.45, 7) is 0.253. The summed E-state index contributed by atoms with van der Waals surface area (Å²) in [6, 6.07) is 5.32. The Hall–Kier alpha value is -2.52. The summed E-state index contributed by atoms with van der Waals surface area (Å²) >= 11 is 1.53. The van der Waals surface area contributed by atoms with Crippen LogP contribution in [0.4, 0.5) is 5.95 Å². The Bertz CT molecular complexity index is 734. The first-order valence-electron chi connectivity index (χ1n) is 5.98. The van der Waals surface area contributed by atoms with Gasteiger partial charge in [0.25, 0.3) is 5.91 Å². The van der Waals surface area contributed by atoms with Gasteiger partial charge in [-0.25, -0.2) is 0 Å².